The van der Waals surface area contributed by atoms with Crippen LogP contribution < -0.4 is 9.47 Å². The van der Waals surface area contributed by atoms with E-state index in [1.54, 1.807) is 0 Å². The highest BCUT2D eigenvalue weighted by atomic mass is 16.7. The Balaban J connectivity index is 1.57. The van der Waals surface area contributed by atoms with E-state index in [9.17, 15) is 0 Å². The Morgan fingerprint density at radius 2 is 1.82 bits per heavy atom. The van der Waals surface area contributed by atoms with Gasteiger partial charge in [-0.05, 0) is 25.1 Å². The van der Waals surface area contributed by atoms with E-state index in [1.165, 1.54) is 0 Å². The van der Waals surface area contributed by atoms with Crippen molar-refractivity contribution >= 4 is 0 Å². The molecular weight excluding hydrogens is 288 g/mol. The Hall–Kier alpha value is -1.34. The first-order valence-electron chi connectivity index (χ1n) is 7.62. The van der Waals surface area contributed by atoms with Gasteiger partial charge >= 0.3 is 0 Å². The van der Waals surface area contributed by atoms with Gasteiger partial charge in [0, 0.05) is 12.2 Å². The second kappa shape index (κ2) is 7.78. The van der Waals surface area contributed by atoms with Crippen LogP contribution in [0.2, 0.25) is 0 Å². The minimum Gasteiger partial charge on any atom is -0.490 e. The number of benzene rings is 1. The average Bonchev–Trinajstić information content (AvgIpc) is 3.41. The van der Waals surface area contributed by atoms with Gasteiger partial charge < -0.3 is 28.4 Å². The highest BCUT2D eigenvalue weighted by Gasteiger charge is 2.24. The molecule has 2 unspecified atom stereocenters. The van der Waals surface area contributed by atoms with Crippen molar-refractivity contribution in [3.63, 3.8) is 0 Å². The normalized spacial score (nSPS) is 22.4. The van der Waals surface area contributed by atoms with E-state index in [-0.39, 0.29) is 19.0 Å². The second-order valence-electron chi connectivity index (χ2n) is 5.26. The molecule has 0 N–H and O–H groups in total. The van der Waals surface area contributed by atoms with Crippen molar-refractivity contribution in [3.8, 4) is 11.5 Å². The Morgan fingerprint density at radius 1 is 1.05 bits per heavy atom. The van der Waals surface area contributed by atoms with Crippen molar-refractivity contribution in [2.24, 2.45) is 0 Å². The minimum absolute atomic E-state index is 0.225. The van der Waals surface area contributed by atoms with Crippen LogP contribution in [0.4, 0.5) is 0 Å². The standard InChI is InChI=1S/C16H22O6/c1-2-17-11-22-13-3-4-16(21-10-15-9-20-15)12(5-13)6-18-7-14-8-19-14/h3-5,14-15H,2,6-11H2,1H3. The van der Waals surface area contributed by atoms with Crippen LogP contribution in [0.25, 0.3) is 0 Å². The molecule has 1 aromatic rings. The summed E-state index contributed by atoms with van der Waals surface area (Å²) in [7, 11) is 0. The minimum atomic E-state index is 0.225. The first kappa shape index (κ1) is 15.6. The molecule has 2 aliphatic rings. The molecule has 0 bridgehead atoms. The molecule has 0 aliphatic carbocycles. The monoisotopic (exact) mass is 310 g/mol. The number of hydrogen-bond acceptors (Lipinski definition) is 6. The van der Waals surface area contributed by atoms with E-state index in [4.69, 9.17) is 28.4 Å². The molecule has 2 aliphatic heterocycles. The van der Waals surface area contributed by atoms with Gasteiger partial charge in [0.2, 0.25) is 0 Å². The zero-order chi connectivity index (χ0) is 15.2. The topological polar surface area (TPSA) is 62.0 Å². The first-order valence-corrected chi connectivity index (χ1v) is 7.62. The van der Waals surface area contributed by atoms with Gasteiger partial charge in [-0.15, -0.1) is 0 Å². The molecule has 6 heteroatoms. The summed E-state index contributed by atoms with van der Waals surface area (Å²) in [6, 6.07) is 5.70. The predicted molar refractivity (Wildman–Crippen MR) is 78.2 cm³/mol. The summed E-state index contributed by atoms with van der Waals surface area (Å²) >= 11 is 0. The fraction of sp³-hybridized carbons (Fsp3) is 0.625. The zero-order valence-corrected chi connectivity index (χ0v) is 12.8. The molecule has 0 spiro atoms. The molecule has 0 aromatic heterocycles. The van der Waals surface area contributed by atoms with Crippen LogP contribution in [0.15, 0.2) is 18.2 Å². The SMILES string of the molecule is CCOCOc1ccc(OCC2CO2)c(COCC2CO2)c1. The molecule has 2 saturated heterocycles. The van der Waals surface area contributed by atoms with Crippen molar-refractivity contribution in [1.29, 1.82) is 0 Å². The van der Waals surface area contributed by atoms with Crippen molar-refractivity contribution < 1.29 is 28.4 Å². The molecule has 22 heavy (non-hydrogen) atoms. The third-order valence-corrected chi connectivity index (χ3v) is 3.34. The molecule has 2 heterocycles. The van der Waals surface area contributed by atoms with E-state index in [2.05, 4.69) is 0 Å². The fourth-order valence-corrected chi connectivity index (χ4v) is 1.90. The summed E-state index contributed by atoms with van der Waals surface area (Å²) in [6.07, 6.45) is 0.476. The molecule has 3 rings (SSSR count). The average molecular weight is 310 g/mol. The van der Waals surface area contributed by atoms with Crippen LogP contribution in [0.3, 0.4) is 0 Å². The van der Waals surface area contributed by atoms with E-state index < -0.39 is 0 Å². The van der Waals surface area contributed by atoms with Crippen LogP contribution in [0, 0.1) is 0 Å². The first-order chi connectivity index (χ1) is 10.8. The van der Waals surface area contributed by atoms with Crippen molar-refractivity contribution in [2.75, 3.05) is 39.8 Å². The maximum absolute atomic E-state index is 5.79. The number of rotatable bonds is 11. The summed E-state index contributed by atoms with van der Waals surface area (Å²) in [5.41, 5.74) is 0.954. The van der Waals surface area contributed by atoms with Crippen LogP contribution in [0.5, 0.6) is 11.5 Å². The summed E-state index contributed by atoms with van der Waals surface area (Å²) in [5.74, 6) is 1.54. The number of hydrogen-bond donors (Lipinski definition) is 0. The maximum Gasteiger partial charge on any atom is 0.189 e. The highest BCUT2D eigenvalue weighted by molar-refractivity contribution is 5.40. The Kier molecular flexibility index (Phi) is 5.50. The Labute approximate surface area is 130 Å². The number of ether oxygens (including phenoxy) is 6. The van der Waals surface area contributed by atoms with Crippen LogP contribution in [-0.2, 0) is 25.6 Å². The molecule has 122 valence electrons. The van der Waals surface area contributed by atoms with Crippen LogP contribution in [0.1, 0.15) is 12.5 Å². The van der Waals surface area contributed by atoms with Crippen molar-refractivity contribution in [2.45, 2.75) is 25.7 Å². The smallest absolute Gasteiger partial charge is 0.189 e. The molecule has 2 atom stereocenters. The molecule has 1 aromatic carbocycles. The van der Waals surface area contributed by atoms with Gasteiger partial charge in [0.05, 0.1) is 26.4 Å². The summed E-state index contributed by atoms with van der Waals surface area (Å²) in [6.45, 7) is 6.00. The summed E-state index contributed by atoms with van der Waals surface area (Å²) in [5, 5.41) is 0. The van der Waals surface area contributed by atoms with Gasteiger partial charge in [-0.3, -0.25) is 0 Å². The lowest BCUT2D eigenvalue weighted by atomic mass is 10.2. The van der Waals surface area contributed by atoms with Crippen LogP contribution >= 0.6 is 0 Å². The summed E-state index contributed by atoms with van der Waals surface area (Å²) < 4.78 is 32.5. The van der Waals surface area contributed by atoms with Crippen LogP contribution in [-0.4, -0.2) is 52.0 Å². The molecule has 6 nitrogen and oxygen atoms in total. The third kappa shape index (κ3) is 5.14. The highest BCUT2D eigenvalue weighted by Crippen LogP contribution is 2.26. The lowest BCUT2D eigenvalue weighted by Gasteiger charge is -2.13. The maximum atomic E-state index is 5.79. The van der Waals surface area contributed by atoms with E-state index in [0.717, 1.165) is 30.3 Å². The predicted octanol–water partition coefficient (Wildman–Crippen LogP) is 1.75. The molecule has 0 saturated carbocycles. The largest absolute Gasteiger partial charge is 0.490 e. The molecule has 2 fully saturated rings. The van der Waals surface area contributed by atoms with E-state index >= 15 is 0 Å². The van der Waals surface area contributed by atoms with Gasteiger partial charge in [-0.25, -0.2) is 0 Å². The summed E-state index contributed by atoms with van der Waals surface area (Å²) in [4.78, 5) is 0. The van der Waals surface area contributed by atoms with Gasteiger partial charge in [0.15, 0.2) is 6.79 Å². The van der Waals surface area contributed by atoms with Gasteiger partial charge in [-0.1, -0.05) is 0 Å². The Bertz CT molecular complexity index is 470. The van der Waals surface area contributed by atoms with Crippen molar-refractivity contribution in [1.82, 2.24) is 0 Å². The Morgan fingerprint density at radius 3 is 2.55 bits per heavy atom. The molecule has 0 radical (unpaired) electrons. The lowest BCUT2D eigenvalue weighted by Crippen LogP contribution is -2.08. The van der Waals surface area contributed by atoms with Gasteiger partial charge in [-0.2, -0.15) is 0 Å². The quantitative estimate of drug-likeness (QED) is 0.352. The van der Waals surface area contributed by atoms with Gasteiger partial charge in [0.1, 0.15) is 30.3 Å². The van der Waals surface area contributed by atoms with E-state index in [1.807, 2.05) is 25.1 Å². The molecular formula is C16H22O6. The third-order valence-electron chi connectivity index (χ3n) is 3.34. The molecule has 0 amide bonds. The zero-order valence-electron chi connectivity index (χ0n) is 12.8. The van der Waals surface area contributed by atoms with E-state index in [0.29, 0.717) is 26.4 Å². The lowest BCUT2D eigenvalue weighted by molar-refractivity contribution is 0.0221. The van der Waals surface area contributed by atoms with Gasteiger partial charge in [0.25, 0.3) is 0 Å². The number of epoxide rings is 2. The fourth-order valence-electron chi connectivity index (χ4n) is 1.90. The van der Waals surface area contributed by atoms with Crippen molar-refractivity contribution in [3.05, 3.63) is 23.8 Å². The second-order valence-corrected chi connectivity index (χ2v) is 5.26.